The second kappa shape index (κ2) is 5.85. The molecule has 116 valence electrons. The molecule has 3 aromatic rings. The average molecular weight is 332 g/mol. The van der Waals surface area contributed by atoms with Crippen molar-refractivity contribution in [2.24, 2.45) is 0 Å². The zero-order valence-electron chi connectivity index (χ0n) is 12.0. The maximum Gasteiger partial charge on any atom is 0.337 e. The number of fused-ring (bicyclic) bond motifs is 1. The van der Waals surface area contributed by atoms with Gasteiger partial charge in [-0.15, -0.1) is 0 Å². The summed E-state index contributed by atoms with van der Waals surface area (Å²) in [6, 6.07) is 9.23. The van der Waals surface area contributed by atoms with Gasteiger partial charge in [0, 0.05) is 16.3 Å². The van der Waals surface area contributed by atoms with Gasteiger partial charge in [0.15, 0.2) is 0 Å². The fourth-order valence-corrected chi connectivity index (χ4v) is 2.55. The summed E-state index contributed by atoms with van der Waals surface area (Å²) in [5.41, 5.74) is 0.937. The molecule has 0 unspecified atom stereocenters. The fraction of sp³-hybridized carbons (Fsp3) is 0.0588. The monoisotopic (exact) mass is 331 g/mol. The van der Waals surface area contributed by atoms with Crippen molar-refractivity contribution in [1.29, 1.82) is 0 Å². The van der Waals surface area contributed by atoms with Crippen molar-refractivity contribution in [3.8, 4) is 17.0 Å². The number of hydrogen-bond acceptors (Lipinski definition) is 4. The van der Waals surface area contributed by atoms with E-state index in [1.165, 1.54) is 31.4 Å². The Balaban J connectivity index is 2.34. The number of carbonyl (C=O) groups excluding carboxylic acids is 1. The predicted octanol–water partition coefficient (Wildman–Crippen LogP) is 4.19. The van der Waals surface area contributed by atoms with E-state index in [9.17, 15) is 14.3 Å². The maximum atomic E-state index is 14.0. The SMILES string of the molecule is COC(=O)c1ccc2c(F)cnc(-c3cccc(Cl)c3O)c2c1. The second-order valence-corrected chi connectivity index (χ2v) is 5.25. The average Bonchev–Trinajstić information content (AvgIpc) is 2.57. The van der Waals surface area contributed by atoms with Crippen molar-refractivity contribution in [2.45, 2.75) is 0 Å². The first-order valence-electron chi connectivity index (χ1n) is 6.67. The molecule has 0 saturated heterocycles. The van der Waals surface area contributed by atoms with Gasteiger partial charge in [0.05, 0.1) is 29.6 Å². The van der Waals surface area contributed by atoms with Crippen molar-refractivity contribution >= 4 is 28.3 Å². The number of nitrogens with zero attached hydrogens (tertiary/aromatic N) is 1. The first kappa shape index (κ1) is 15.2. The number of pyridine rings is 1. The zero-order valence-corrected chi connectivity index (χ0v) is 12.8. The molecule has 1 heterocycles. The van der Waals surface area contributed by atoms with Gasteiger partial charge in [-0.1, -0.05) is 23.7 Å². The van der Waals surface area contributed by atoms with E-state index in [0.29, 0.717) is 16.6 Å². The highest BCUT2D eigenvalue weighted by atomic mass is 35.5. The summed E-state index contributed by atoms with van der Waals surface area (Å²) in [6.45, 7) is 0. The van der Waals surface area contributed by atoms with E-state index in [1.807, 2.05) is 0 Å². The Morgan fingerprint density at radius 2 is 2.04 bits per heavy atom. The highest BCUT2D eigenvalue weighted by Gasteiger charge is 2.16. The van der Waals surface area contributed by atoms with Crippen molar-refractivity contribution in [1.82, 2.24) is 4.98 Å². The summed E-state index contributed by atoms with van der Waals surface area (Å²) >= 11 is 5.92. The van der Waals surface area contributed by atoms with Crippen LogP contribution >= 0.6 is 11.6 Å². The number of hydrogen-bond donors (Lipinski definition) is 1. The van der Waals surface area contributed by atoms with Crippen molar-refractivity contribution in [2.75, 3.05) is 7.11 Å². The number of esters is 1. The molecule has 1 aromatic heterocycles. The lowest BCUT2D eigenvalue weighted by molar-refractivity contribution is 0.0601. The lowest BCUT2D eigenvalue weighted by Gasteiger charge is -2.10. The summed E-state index contributed by atoms with van der Waals surface area (Å²) in [6.07, 6.45) is 1.07. The van der Waals surface area contributed by atoms with Crippen molar-refractivity contribution < 1.29 is 19.0 Å². The summed E-state index contributed by atoms with van der Waals surface area (Å²) in [5, 5.41) is 11.0. The van der Waals surface area contributed by atoms with Gasteiger partial charge in [-0.3, -0.25) is 4.98 Å². The quantitative estimate of drug-likeness (QED) is 0.715. The number of phenols is 1. The molecule has 0 spiro atoms. The molecule has 2 aromatic carbocycles. The molecule has 0 aliphatic rings. The highest BCUT2D eigenvalue weighted by Crippen LogP contribution is 2.37. The van der Waals surface area contributed by atoms with Crippen LogP contribution in [-0.2, 0) is 4.74 Å². The molecule has 23 heavy (non-hydrogen) atoms. The molecule has 0 aliphatic carbocycles. The Labute approximate surface area is 136 Å². The van der Waals surface area contributed by atoms with E-state index in [2.05, 4.69) is 9.72 Å². The molecule has 0 bridgehead atoms. The van der Waals surface area contributed by atoms with E-state index in [4.69, 9.17) is 11.6 Å². The summed E-state index contributed by atoms with van der Waals surface area (Å²) in [5.74, 6) is -1.22. The number of rotatable bonds is 2. The molecular weight excluding hydrogens is 321 g/mol. The molecule has 0 fully saturated rings. The maximum absolute atomic E-state index is 14.0. The second-order valence-electron chi connectivity index (χ2n) is 4.84. The molecule has 3 rings (SSSR count). The smallest absolute Gasteiger partial charge is 0.337 e. The number of ether oxygens (including phenoxy) is 1. The van der Waals surface area contributed by atoms with Crippen LogP contribution in [0.25, 0.3) is 22.0 Å². The van der Waals surface area contributed by atoms with Crippen molar-refractivity contribution in [3.05, 3.63) is 59.0 Å². The third kappa shape index (κ3) is 2.59. The fourth-order valence-electron chi connectivity index (χ4n) is 2.37. The van der Waals surface area contributed by atoms with Gasteiger partial charge in [0.1, 0.15) is 11.6 Å². The van der Waals surface area contributed by atoms with Crippen LogP contribution in [0, 0.1) is 5.82 Å². The minimum absolute atomic E-state index is 0.155. The first-order valence-corrected chi connectivity index (χ1v) is 7.05. The standard InChI is InChI=1S/C17H11ClFNO3/c1-23-17(22)9-5-6-10-12(7-9)15(20-8-14(10)19)11-3-2-4-13(18)16(11)21/h2-8,21H,1H3. The van der Waals surface area contributed by atoms with Crippen LogP contribution in [0.15, 0.2) is 42.6 Å². The third-order valence-corrected chi connectivity index (χ3v) is 3.81. The van der Waals surface area contributed by atoms with Gasteiger partial charge in [0.25, 0.3) is 0 Å². The van der Waals surface area contributed by atoms with Gasteiger partial charge in [0.2, 0.25) is 0 Å². The molecule has 0 radical (unpaired) electrons. The number of para-hydroxylation sites is 1. The molecule has 4 nitrogen and oxygen atoms in total. The van der Waals surface area contributed by atoms with E-state index in [1.54, 1.807) is 12.1 Å². The Bertz CT molecular complexity index is 927. The van der Waals surface area contributed by atoms with Crippen LogP contribution in [0.1, 0.15) is 10.4 Å². The molecule has 0 amide bonds. The Morgan fingerprint density at radius 1 is 1.26 bits per heavy atom. The van der Waals surface area contributed by atoms with Gasteiger partial charge in [-0.05, 0) is 24.3 Å². The van der Waals surface area contributed by atoms with Gasteiger partial charge in [-0.2, -0.15) is 0 Å². The summed E-state index contributed by atoms with van der Waals surface area (Å²) in [7, 11) is 1.26. The molecule has 0 atom stereocenters. The summed E-state index contributed by atoms with van der Waals surface area (Å²) < 4.78 is 18.7. The number of phenolic OH excluding ortho intramolecular Hbond substituents is 1. The highest BCUT2D eigenvalue weighted by molar-refractivity contribution is 6.32. The van der Waals surface area contributed by atoms with Gasteiger partial charge < -0.3 is 9.84 Å². The van der Waals surface area contributed by atoms with Crippen LogP contribution < -0.4 is 0 Å². The number of carbonyl (C=O) groups is 1. The Morgan fingerprint density at radius 3 is 2.78 bits per heavy atom. The van der Waals surface area contributed by atoms with E-state index in [0.717, 1.165) is 6.20 Å². The van der Waals surface area contributed by atoms with E-state index < -0.39 is 11.8 Å². The summed E-state index contributed by atoms with van der Waals surface area (Å²) in [4.78, 5) is 15.8. The van der Waals surface area contributed by atoms with Crippen LogP contribution in [0.4, 0.5) is 4.39 Å². The van der Waals surface area contributed by atoms with Gasteiger partial charge >= 0.3 is 5.97 Å². The predicted molar refractivity (Wildman–Crippen MR) is 85.2 cm³/mol. The topological polar surface area (TPSA) is 59.4 Å². The Kier molecular flexibility index (Phi) is 3.88. The largest absolute Gasteiger partial charge is 0.506 e. The van der Waals surface area contributed by atoms with Crippen LogP contribution in [0.2, 0.25) is 5.02 Å². The first-order chi connectivity index (χ1) is 11.0. The molecular formula is C17H11ClFNO3. The van der Waals surface area contributed by atoms with Crippen LogP contribution in [-0.4, -0.2) is 23.2 Å². The third-order valence-electron chi connectivity index (χ3n) is 3.50. The lowest BCUT2D eigenvalue weighted by Crippen LogP contribution is -2.01. The molecule has 0 aliphatic heterocycles. The number of aromatic nitrogens is 1. The normalized spacial score (nSPS) is 10.7. The molecule has 6 heteroatoms. The molecule has 1 N–H and O–H groups in total. The minimum atomic E-state index is -0.544. The number of halogens is 2. The minimum Gasteiger partial charge on any atom is -0.506 e. The van der Waals surface area contributed by atoms with Gasteiger partial charge in [-0.25, -0.2) is 9.18 Å². The molecule has 0 saturated carbocycles. The number of aromatic hydroxyl groups is 1. The van der Waals surface area contributed by atoms with E-state index >= 15 is 0 Å². The number of benzene rings is 2. The van der Waals surface area contributed by atoms with Crippen molar-refractivity contribution in [3.63, 3.8) is 0 Å². The number of methoxy groups -OCH3 is 1. The Hall–Kier alpha value is -2.66. The zero-order chi connectivity index (χ0) is 16.6. The van der Waals surface area contributed by atoms with Crippen LogP contribution in [0.5, 0.6) is 5.75 Å². The van der Waals surface area contributed by atoms with Crippen LogP contribution in [0.3, 0.4) is 0 Å². The lowest BCUT2D eigenvalue weighted by atomic mass is 10.0. The van der Waals surface area contributed by atoms with E-state index in [-0.39, 0.29) is 21.7 Å².